The number of carbonyl (C=O) groups is 1. The smallest absolute Gasteiger partial charge is 0.246 e. The molecule has 0 bridgehead atoms. The molecule has 0 spiro atoms. The number of halogens is 1. The predicted octanol–water partition coefficient (Wildman–Crippen LogP) is 3.25. The number of amides is 1. The van der Waals surface area contributed by atoms with Crippen LogP contribution >= 0.6 is 11.6 Å². The minimum absolute atomic E-state index is 0.103. The average Bonchev–Trinajstić information content (AvgIpc) is 3.03. The summed E-state index contributed by atoms with van der Waals surface area (Å²) in [7, 11) is 0. The Kier molecular flexibility index (Phi) is 4.68. The van der Waals surface area contributed by atoms with E-state index in [0.717, 1.165) is 5.56 Å². The minimum Gasteiger partial charge on any atom is -0.347 e. The van der Waals surface area contributed by atoms with Crippen LogP contribution in [0.4, 0.5) is 0 Å². The van der Waals surface area contributed by atoms with E-state index in [1.165, 1.54) is 0 Å². The van der Waals surface area contributed by atoms with Crippen molar-refractivity contribution in [2.75, 3.05) is 0 Å². The Bertz CT molecular complexity index is 802. The molecule has 0 unspecified atom stereocenters. The lowest BCUT2D eigenvalue weighted by Crippen LogP contribution is -2.24. The first-order valence-corrected chi connectivity index (χ1v) is 7.48. The number of benzene rings is 2. The van der Waals surface area contributed by atoms with E-state index in [-0.39, 0.29) is 12.5 Å². The minimum atomic E-state index is -0.103. The Morgan fingerprint density at radius 1 is 1.09 bits per heavy atom. The van der Waals surface area contributed by atoms with E-state index in [4.69, 9.17) is 16.1 Å². The van der Waals surface area contributed by atoms with Gasteiger partial charge in [0.15, 0.2) is 0 Å². The van der Waals surface area contributed by atoms with E-state index < -0.39 is 0 Å². The SMILES string of the molecule is O=C(Cc1ccccc1)NCc1nc(-c2ccccc2Cl)no1. The summed E-state index contributed by atoms with van der Waals surface area (Å²) in [5.74, 6) is 0.637. The van der Waals surface area contributed by atoms with Crippen LogP contribution in [-0.4, -0.2) is 16.0 Å². The van der Waals surface area contributed by atoms with Crippen LogP contribution in [-0.2, 0) is 17.8 Å². The van der Waals surface area contributed by atoms with E-state index in [1.54, 1.807) is 6.07 Å². The molecule has 3 aromatic rings. The van der Waals surface area contributed by atoms with E-state index >= 15 is 0 Å². The van der Waals surface area contributed by atoms with Gasteiger partial charge in [-0.15, -0.1) is 0 Å². The molecule has 1 heterocycles. The van der Waals surface area contributed by atoms with Gasteiger partial charge in [0.25, 0.3) is 0 Å². The summed E-state index contributed by atoms with van der Waals surface area (Å²) in [5.41, 5.74) is 1.65. The largest absolute Gasteiger partial charge is 0.347 e. The summed E-state index contributed by atoms with van der Waals surface area (Å²) >= 11 is 6.09. The van der Waals surface area contributed by atoms with E-state index in [1.807, 2.05) is 48.5 Å². The number of nitrogens with one attached hydrogen (secondary N) is 1. The Labute approximate surface area is 138 Å². The molecule has 116 valence electrons. The van der Waals surface area contributed by atoms with Crippen molar-refractivity contribution in [1.29, 1.82) is 0 Å². The second-order valence-electron chi connectivity index (χ2n) is 4.93. The number of hydrogen-bond acceptors (Lipinski definition) is 4. The van der Waals surface area contributed by atoms with Gasteiger partial charge < -0.3 is 9.84 Å². The maximum Gasteiger partial charge on any atom is 0.246 e. The summed E-state index contributed by atoms with van der Waals surface area (Å²) < 4.78 is 5.14. The molecule has 0 saturated heterocycles. The van der Waals surface area contributed by atoms with Crippen molar-refractivity contribution in [2.45, 2.75) is 13.0 Å². The third-order valence-electron chi connectivity index (χ3n) is 3.23. The fourth-order valence-corrected chi connectivity index (χ4v) is 2.32. The Balaban J connectivity index is 1.59. The lowest BCUT2D eigenvalue weighted by molar-refractivity contribution is -0.120. The molecule has 1 aromatic heterocycles. The van der Waals surface area contributed by atoms with Crippen LogP contribution < -0.4 is 5.32 Å². The molecule has 0 saturated carbocycles. The summed E-state index contributed by atoms with van der Waals surface area (Å²) in [6.45, 7) is 0.184. The molecular weight excluding hydrogens is 314 g/mol. The van der Waals surface area contributed by atoms with Crippen molar-refractivity contribution in [2.24, 2.45) is 0 Å². The van der Waals surface area contributed by atoms with Crippen molar-refractivity contribution in [3.05, 3.63) is 71.1 Å². The number of hydrogen-bond donors (Lipinski definition) is 1. The van der Waals surface area contributed by atoms with E-state index in [0.29, 0.717) is 28.7 Å². The van der Waals surface area contributed by atoms with Gasteiger partial charge in [-0.05, 0) is 17.7 Å². The first kappa shape index (κ1) is 15.2. The van der Waals surface area contributed by atoms with Crippen molar-refractivity contribution in [1.82, 2.24) is 15.5 Å². The highest BCUT2D eigenvalue weighted by atomic mass is 35.5. The summed E-state index contributed by atoms with van der Waals surface area (Å²) in [6, 6.07) is 16.8. The molecule has 3 rings (SSSR count). The third-order valence-corrected chi connectivity index (χ3v) is 3.56. The van der Waals surface area contributed by atoms with Gasteiger partial charge >= 0.3 is 0 Å². The lowest BCUT2D eigenvalue weighted by atomic mass is 10.1. The van der Waals surface area contributed by atoms with E-state index in [2.05, 4.69) is 15.5 Å². The second-order valence-corrected chi connectivity index (χ2v) is 5.34. The molecule has 1 N–H and O–H groups in total. The van der Waals surface area contributed by atoms with Crippen LogP contribution in [0.3, 0.4) is 0 Å². The molecule has 0 aliphatic heterocycles. The molecule has 2 aromatic carbocycles. The van der Waals surface area contributed by atoms with Crippen molar-refractivity contribution in [3.8, 4) is 11.4 Å². The molecule has 23 heavy (non-hydrogen) atoms. The van der Waals surface area contributed by atoms with Crippen molar-refractivity contribution >= 4 is 17.5 Å². The average molecular weight is 328 g/mol. The molecule has 0 atom stereocenters. The second kappa shape index (κ2) is 7.07. The Morgan fingerprint density at radius 3 is 2.61 bits per heavy atom. The van der Waals surface area contributed by atoms with Gasteiger partial charge in [0.2, 0.25) is 17.6 Å². The normalized spacial score (nSPS) is 10.5. The van der Waals surface area contributed by atoms with Crippen molar-refractivity contribution in [3.63, 3.8) is 0 Å². The van der Waals surface area contributed by atoms with Gasteiger partial charge in [-0.1, -0.05) is 59.2 Å². The fourth-order valence-electron chi connectivity index (χ4n) is 2.10. The summed E-state index contributed by atoms with van der Waals surface area (Å²) in [6.07, 6.45) is 0.312. The highest BCUT2D eigenvalue weighted by molar-refractivity contribution is 6.33. The fraction of sp³-hybridized carbons (Fsp3) is 0.118. The predicted molar refractivity (Wildman–Crippen MR) is 86.7 cm³/mol. The molecule has 0 aliphatic rings. The molecule has 0 aliphatic carbocycles. The van der Waals surface area contributed by atoms with Gasteiger partial charge in [-0.3, -0.25) is 4.79 Å². The van der Waals surface area contributed by atoms with Crippen LogP contribution in [0, 0.1) is 0 Å². The van der Waals surface area contributed by atoms with Gasteiger partial charge in [0.05, 0.1) is 18.0 Å². The monoisotopic (exact) mass is 327 g/mol. The van der Waals surface area contributed by atoms with Gasteiger partial charge in [-0.2, -0.15) is 4.98 Å². The zero-order valence-corrected chi connectivity index (χ0v) is 13.0. The highest BCUT2D eigenvalue weighted by Gasteiger charge is 2.12. The maximum atomic E-state index is 11.9. The molecule has 0 radical (unpaired) electrons. The first-order chi connectivity index (χ1) is 11.2. The van der Waals surface area contributed by atoms with Crippen LogP contribution in [0.25, 0.3) is 11.4 Å². The molecule has 5 nitrogen and oxygen atoms in total. The number of aromatic nitrogens is 2. The topological polar surface area (TPSA) is 68.0 Å². The number of carbonyl (C=O) groups excluding carboxylic acids is 1. The van der Waals surface area contributed by atoms with Gasteiger partial charge in [0.1, 0.15) is 0 Å². The van der Waals surface area contributed by atoms with Crippen LogP contribution in [0.5, 0.6) is 0 Å². The standard InChI is InChI=1S/C17H14ClN3O2/c18-14-9-5-4-8-13(14)17-20-16(23-21-17)11-19-15(22)10-12-6-2-1-3-7-12/h1-9H,10-11H2,(H,19,22). The zero-order chi connectivity index (χ0) is 16.1. The first-order valence-electron chi connectivity index (χ1n) is 7.10. The Morgan fingerprint density at radius 2 is 1.83 bits per heavy atom. The lowest BCUT2D eigenvalue weighted by Gasteiger charge is -2.02. The summed E-state index contributed by atoms with van der Waals surface area (Å²) in [5, 5.41) is 7.20. The quantitative estimate of drug-likeness (QED) is 0.781. The van der Waals surface area contributed by atoms with Gasteiger partial charge in [0, 0.05) is 5.56 Å². The number of rotatable bonds is 5. The molecular formula is C17H14ClN3O2. The highest BCUT2D eigenvalue weighted by Crippen LogP contribution is 2.24. The van der Waals surface area contributed by atoms with Crippen LogP contribution in [0.2, 0.25) is 5.02 Å². The third kappa shape index (κ3) is 3.96. The van der Waals surface area contributed by atoms with Crippen molar-refractivity contribution < 1.29 is 9.32 Å². The van der Waals surface area contributed by atoms with Crippen LogP contribution in [0.15, 0.2) is 59.1 Å². The van der Waals surface area contributed by atoms with Crippen LogP contribution in [0.1, 0.15) is 11.5 Å². The Hall–Kier alpha value is -2.66. The zero-order valence-electron chi connectivity index (χ0n) is 12.2. The van der Waals surface area contributed by atoms with Gasteiger partial charge in [-0.25, -0.2) is 0 Å². The molecule has 0 fully saturated rings. The molecule has 1 amide bonds. The van der Waals surface area contributed by atoms with E-state index in [9.17, 15) is 4.79 Å². The maximum absolute atomic E-state index is 11.9. The molecule has 6 heteroatoms. The summed E-state index contributed by atoms with van der Waals surface area (Å²) in [4.78, 5) is 16.1. The number of nitrogens with zero attached hydrogens (tertiary/aromatic N) is 2.